The summed E-state index contributed by atoms with van der Waals surface area (Å²) in [5.74, 6) is 0. The van der Waals surface area contributed by atoms with Crippen molar-refractivity contribution in [3.05, 3.63) is 0 Å². The first-order valence-corrected chi connectivity index (χ1v) is 2.46. The SMILES string of the molecule is COS(=O)(=O)O.[Na]. The van der Waals surface area contributed by atoms with Crippen LogP contribution in [0.25, 0.3) is 0 Å². The van der Waals surface area contributed by atoms with Crippen LogP contribution in [0.5, 0.6) is 0 Å². The van der Waals surface area contributed by atoms with Crippen LogP contribution in [0.15, 0.2) is 0 Å². The van der Waals surface area contributed by atoms with Gasteiger partial charge in [0.1, 0.15) is 0 Å². The zero-order valence-electron chi connectivity index (χ0n) is 4.08. The van der Waals surface area contributed by atoms with Crippen LogP contribution in [0.4, 0.5) is 0 Å². The van der Waals surface area contributed by atoms with E-state index in [0.29, 0.717) is 0 Å². The third-order valence-corrected chi connectivity index (χ3v) is 0.632. The minimum Gasteiger partial charge on any atom is -0.264 e. The van der Waals surface area contributed by atoms with E-state index in [-0.39, 0.29) is 29.6 Å². The molecular weight excluding hydrogens is 131 g/mol. The van der Waals surface area contributed by atoms with Gasteiger partial charge >= 0.3 is 10.4 Å². The summed E-state index contributed by atoms with van der Waals surface area (Å²) in [5.41, 5.74) is 0. The summed E-state index contributed by atoms with van der Waals surface area (Å²) in [6.07, 6.45) is 0. The van der Waals surface area contributed by atoms with Gasteiger partial charge in [-0.2, -0.15) is 8.42 Å². The molecule has 0 aliphatic carbocycles. The summed E-state index contributed by atoms with van der Waals surface area (Å²) in [6.45, 7) is 0. The number of hydrogen-bond acceptors (Lipinski definition) is 3. The maximum atomic E-state index is 9.33. The molecule has 0 saturated heterocycles. The maximum absolute atomic E-state index is 9.33. The van der Waals surface area contributed by atoms with E-state index in [9.17, 15) is 8.42 Å². The van der Waals surface area contributed by atoms with Gasteiger partial charge in [-0.3, -0.25) is 8.74 Å². The molecule has 0 fully saturated rings. The molecule has 39 valence electrons. The Morgan fingerprint density at radius 2 is 1.71 bits per heavy atom. The molecule has 0 aliphatic rings. The molecule has 0 aliphatic heterocycles. The molecule has 0 heterocycles. The summed E-state index contributed by atoms with van der Waals surface area (Å²) in [7, 11) is -3.29. The molecule has 1 N–H and O–H groups in total. The van der Waals surface area contributed by atoms with Crippen LogP contribution in [0.2, 0.25) is 0 Å². The topological polar surface area (TPSA) is 63.6 Å². The molecule has 6 heteroatoms. The van der Waals surface area contributed by atoms with Crippen LogP contribution in [-0.2, 0) is 14.6 Å². The van der Waals surface area contributed by atoms with Gasteiger partial charge in [-0.05, 0) is 0 Å². The standard InChI is InChI=1S/CH4O4S.Na/c1-5-6(2,3)4;/h1H3,(H,2,3,4);. The van der Waals surface area contributed by atoms with E-state index in [0.717, 1.165) is 7.11 Å². The molecule has 0 aromatic rings. The molecule has 0 atom stereocenters. The van der Waals surface area contributed by atoms with Gasteiger partial charge in [0.2, 0.25) is 0 Å². The maximum Gasteiger partial charge on any atom is 0.397 e. The molecule has 1 radical (unpaired) electrons. The fourth-order valence-electron chi connectivity index (χ4n) is 0. The molecule has 0 bridgehead atoms. The van der Waals surface area contributed by atoms with E-state index >= 15 is 0 Å². The second-order valence-corrected chi connectivity index (χ2v) is 1.78. The summed E-state index contributed by atoms with van der Waals surface area (Å²) < 4.78 is 29.7. The van der Waals surface area contributed by atoms with Gasteiger partial charge in [0.25, 0.3) is 0 Å². The zero-order valence-corrected chi connectivity index (χ0v) is 6.90. The summed E-state index contributed by atoms with van der Waals surface area (Å²) >= 11 is 0. The molecule has 0 saturated carbocycles. The van der Waals surface area contributed by atoms with Crippen molar-refractivity contribution in [2.45, 2.75) is 0 Å². The molecule has 0 unspecified atom stereocenters. The monoisotopic (exact) mass is 135 g/mol. The second-order valence-electron chi connectivity index (χ2n) is 0.594. The Morgan fingerprint density at radius 3 is 1.71 bits per heavy atom. The quantitative estimate of drug-likeness (QED) is 0.372. The zero-order chi connectivity index (χ0) is 5.21. The molecule has 0 amide bonds. The van der Waals surface area contributed by atoms with Crippen molar-refractivity contribution in [3.8, 4) is 0 Å². The van der Waals surface area contributed by atoms with E-state index in [2.05, 4.69) is 4.18 Å². The van der Waals surface area contributed by atoms with Gasteiger partial charge in [0.05, 0.1) is 7.11 Å². The van der Waals surface area contributed by atoms with Gasteiger partial charge in [-0.25, -0.2) is 0 Å². The minimum absolute atomic E-state index is 0. The summed E-state index contributed by atoms with van der Waals surface area (Å²) in [4.78, 5) is 0. The Morgan fingerprint density at radius 1 is 1.57 bits per heavy atom. The van der Waals surface area contributed by atoms with Crippen molar-refractivity contribution in [2.75, 3.05) is 7.11 Å². The molecule has 0 spiro atoms. The van der Waals surface area contributed by atoms with E-state index in [1.807, 2.05) is 0 Å². The van der Waals surface area contributed by atoms with E-state index < -0.39 is 10.4 Å². The van der Waals surface area contributed by atoms with Crippen molar-refractivity contribution >= 4 is 40.0 Å². The molecular formula is CH4NaO4S. The van der Waals surface area contributed by atoms with Crippen LogP contribution in [0.3, 0.4) is 0 Å². The third kappa shape index (κ3) is 10.9. The van der Waals surface area contributed by atoms with Crippen molar-refractivity contribution in [2.24, 2.45) is 0 Å². The van der Waals surface area contributed by atoms with Crippen LogP contribution >= 0.6 is 0 Å². The van der Waals surface area contributed by atoms with Gasteiger partial charge < -0.3 is 0 Å². The first kappa shape index (κ1) is 10.8. The van der Waals surface area contributed by atoms with E-state index in [1.54, 1.807) is 0 Å². The molecule has 4 nitrogen and oxygen atoms in total. The van der Waals surface area contributed by atoms with Crippen LogP contribution in [0.1, 0.15) is 0 Å². The van der Waals surface area contributed by atoms with Crippen molar-refractivity contribution < 1.29 is 17.2 Å². The number of hydrogen-bond donors (Lipinski definition) is 1. The average molecular weight is 135 g/mol. The summed E-state index contributed by atoms with van der Waals surface area (Å²) in [6, 6.07) is 0. The first-order valence-electron chi connectivity index (χ1n) is 1.09. The van der Waals surface area contributed by atoms with Gasteiger partial charge in [-0.1, -0.05) is 0 Å². The Balaban J connectivity index is 0. The van der Waals surface area contributed by atoms with E-state index in [4.69, 9.17) is 4.55 Å². The van der Waals surface area contributed by atoms with Crippen LogP contribution < -0.4 is 0 Å². The largest absolute Gasteiger partial charge is 0.397 e. The molecule has 7 heavy (non-hydrogen) atoms. The van der Waals surface area contributed by atoms with Crippen molar-refractivity contribution in [1.29, 1.82) is 0 Å². The van der Waals surface area contributed by atoms with Crippen molar-refractivity contribution in [3.63, 3.8) is 0 Å². The fourth-order valence-corrected chi connectivity index (χ4v) is 0. The Hall–Kier alpha value is 0.870. The first-order chi connectivity index (χ1) is 2.56. The summed E-state index contributed by atoms with van der Waals surface area (Å²) in [5, 5.41) is 0. The Kier molecular flexibility index (Phi) is 5.89. The van der Waals surface area contributed by atoms with E-state index in [1.165, 1.54) is 0 Å². The van der Waals surface area contributed by atoms with Crippen LogP contribution in [0, 0.1) is 0 Å². The minimum atomic E-state index is -4.16. The predicted molar refractivity (Wildman–Crippen MR) is 24.3 cm³/mol. The second kappa shape index (κ2) is 3.82. The fraction of sp³-hybridized carbons (Fsp3) is 1.00. The van der Waals surface area contributed by atoms with Gasteiger partial charge in [0, 0.05) is 29.6 Å². The molecule has 0 aromatic heterocycles. The van der Waals surface area contributed by atoms with Gasteiger partial charge in [-0.15, -0.1) is 0 Å². The third-order valence-electron chi connectivity index (χ3n) is 0.211. The Labute approximate surface area is 64.1 Å². The average Bonchev–Trinajstić information content (AvgIpc) is 1.35. The smallest absolute Gasteiger partial charge is 0.264 e. The van der Waals surface area contributed by atoms with Crippen LogP contribution in [-0.4, -0.2) is 49.6 Å². The van der Waals surface area contributed by atoms with Gasteiger partial charge in [0.15, 0.2) is 0 Å². The van der Waals surface area contributed by atoms with Crippen molar-refractivity contribution in [1.82, 2.24) is 0 Å². The molecule has 0 rings (SSSR count). The normalized spacial score (nSPS) is 10.0. The predicted octanol–water partition coefficient (Wildman–Crippen LogP) is -0.945. The number of rotatable bonds is 1. The Bertz CT molecular complexity index is 114. The molecule has 0 aromatic carbocycles.